The van der Waals surface area contributed by atoms with E-state index in [1.165, 1.54) is 4.90 Å². The van der Waals surface area contributed by atoms with Gasteiger partial charge < -0.3 is 25.2 Å². The normalized spacial score (nSPS) is 21.9. The number of primary amides is 1. The van der Waals surface area contributed by atoms with Gasteiger partial charge in [-0.25, -0.2) is 0 Å². The highest BCUT2D eigenvalue weighted by atomic mass is 16.5. The summed E-state index contributed by atoms with van der Waals surface area (Å²) >= 11 is 0. The van der Waals surface area contributed by atoms with Crippen LogP contribution in [0.15, 0.2) is 48.5 Å². The van der Waals surface area contributed by atoms with Gasteiger partial charge in [0.25, 0.3) is 0 Å². The third-order valence-corrected chi connectivity index (χ3v) is 6.01. The highest BCUT2D eigenvalue weighted by Crippen LogP contribution is 2.46. The van der Waals surface area contributed by atoms with E-state index in [2.05, 4.69) is 0 Å². The van der Waals surface area contributed by atoms with Crippen molar-refractivity contribution in [2.45, 2.75) is 32.5 Å². The number of hydrogen-bond donors (Lipinski definition) is 2. The lowest BCUT2D eigenvalue weighted by Crippen LogP contribution is -2.41. The van der Waals surface area contributed by atoms with Crippen LogP contribution in [0.25, 0.3) is 0 Å². The number of nitrogens with zero attached hydrogens (tertiary/aromatic N) is 1. The Labute approximate surface area is 176 Å². The van der Waals surface area contributed by atoms with Gasteiger partial charge in [0.15, 0.2) is 11.5 Å². The molecule has 0 bridgehead atoms. The van der Waals surface area contributed by atoms with Crippen molar-refractivity contribution in [2.24, 2.45) is 11.1 Å². The summed E-state index contributed by atoms with van der Waals surface area (Å²) in [5, 5.41) is 10.5. The van der Waals surface area contributed by atoms with E-state index < -0.39 is 23.3 Å². The Bertz CT molecular complexity index is 915. The molecule has 0 radical (unpaired) electrons. The molecular weight excluding hydrogens is 384 g/mol. The molecule has 3 atom stereocenters. The molecule has 0 aliphatic carbocycles. The molecule has 3 N–H and O–H groups in total. The summed E-state index contributed by atoms with van der Waals surface area (Å²) in [7, 11) is 1.58. The number of amides is 2. The molecule has 0 unspecified atom stereocenters. The van der Waals surface area contributed by atoms with Crippen molar-refractivity contribution in [3.63, 3.8) is 0 Å². The van der Waals surface area contributed by atoms with Gasteiger partial charge in [0, 0.05) is 24.4 Å². The van der Waals surface area contributed by atoms with E-state index in [9.17, 15) is 14.7 Å². The van der Waals surface area contributed by atoms with Crippen LogP contribution in [0.2, 0.25) is 0 Å². The highest BCUT2D eigenvalue weighted by Gasteiger charge is 2.49. The van der Waals surface area contributed by atoms with Gasteiger partial charge in [-0.2, -0.15) is 0 Å². The number of aliphatic hydroxyl groups is 1. The van der Waals surface area contributed by atoms with Crippen molar-refractivity contribution in [2.75, 3.05) is 20.2 Å². The SMILES string of the molecule is COc1ccc([C@@H]2CN(C(=O)C(N)=O)C[C@@]2(C)[C@@H](C)O)cc1OCc1ccccc1. The Kier molecular flexibility index (Phi) is 6.31. The van der Waals surface area contributed by atoms with Crippen LogP contribution in [0, 0.1) is 5.41 Å². The first-order chi connectivity index (χ1) is 14.3. The molecule has 0 aromatic heterocycles. The molecule has 1 saturated heterocycles. The molecule has 3 rings (SSSR count). The molecule has 160 valence electrons. The largest absolute Gasteiger partial charge is 0.493 e. The Hall–Kier alpha value is -3.06. The molecule has 2 aromatic rings. The lowest BCUT2D eigenvalue weighted by Gasteiger charge is -2.33. The molecule has 2 aromatic carbocycles. The number of nitrogens with two attached hydrogens (primary N) is 1. The van der Waals surface area contributed by atoms with Gasteiger partial charge in [-0.05, 0) is 30.2 Å². The molecule has 1 aliphatic rings. The maximum absolute atomic E-state index is 12.2. The van der Waals surface area contributed by atoms with Gasteiger partial charge in [-0.1, -0.05) is 43.3 Å². The zero-order chi connectivity index (χ0) is 21.9. The van der Waals surface area contributed by atoms with Crippen molar-refractivity contribution in [1.29, 1.82) is 0 Å². The maximum atomic E-state index is 12.2. The molecule has 7 nitrogen and oxygen atoms in total. The summed E-state index contributed by atoms with van der Waals surface area (Å²) in [4.78, 5) is 25.0. The Morgan fingerprint density at radius 2 is 1.93 bits per heavy atom. The van der Waals surface area contributed by atoms with Crippen LogP contribution in [0.3, 0.4) is 0 Å². The van der Waals surface area contributed by atoms with Crippen LogP contribution in [-0.4, -0.2) is 48.1 Å². The van der Waals surface area contributed by atoms with E-state index in [4.69, 9.17) is 15.2 Å². The van der Waals surface area contributed by atoms with Crippen molar-refractivity contribution < 1.29 is 24.2 Å². The van der Waals surface area contributed by atoms with Gasteiger partial charge in [0.05, 0.1) is 13.2 Å². The molecule has 1 fully saturated rings. The number of carbonyl (C=O) groups is 2. The monoisotopic (exact) mass is 412 g/mol. The number of carbonyl (C=O) groups excluding carboxylic acids is 2. The molecule has 7 heteroatoms. The molecule has 0 spiro atoms. The second-order valence-corrected chi connectivity index (χ2v) is 7.97. The fourth-order valence-electron chi connectivity index (χ4n) is 3.99. The lowest BCUT2D eigenvalue weighted by atomic mass is 9.72. The molecule has 2 amide bonds. The number of likely N-dealkylation sites (tertiary alicyclic amines) is 1. The third kappa shape index (κ3) is 4.26. The summed E-state index contributed by atoms with van der Waals surface area (Å²) in [6.07, 6.45) is -0.705. The van der Waals surface area contributed by atoms with Crippen LogP contribution in [0.1, 0.15) is 30.9 Å². The standard InChI is InChI=1S/C23H28N2O5/c1-15(26)23(2)14-25(22(28)21(24)27)12-18(23)17-9-10-19(29-3)20(11-17)30-13-16-7-5-4-6-8-16/h4-11,15,18,26H,12-14H2,1-3H3,(H2,24,27)/t15-,18+,23+/m1/s1. The van der Waals surface area contributed by atoms with E-state index in [-0.39, 0.29) is 19.0 Å². The number of benzene rings is 2. The molecule has 0 saturated carbocycles. The highest BCUT2D eigenvalue weighted by molar-refractivity contribution is 6.34. The van der Waals surface area contributed by atoms with Crippen LogP contribution >= 0.6 is 0 Å². The van der Waals surface area contributed by atoms with Gasteiger partial charge in [0.2, 0.25) is 0 Å². The van der Waals surface area contributed by atoms with E-state index >= 15 is 0 Å². The Balaban J connectivity index is 1.91. The predicted molar refractivity (Wildman–Crippen MR) is 112 cm³/mol. The molecule has 1 heterocycles. The quantitative estimate of drug-likeness (QED) is 0.707. The minimum atomic E-state index is -0.995. The van der Waals surface area contributed by atoms with Crippen molar-refractivity contribution in [3.8, 4) is 11.5 Å². The van der Waals surface area contributed by atoms with Crippen molar-refractivity contribution in [1.82, 2.24) is 4.90 Å². The first kappa shape index (κ1) is 21.6. The predicted octanol–water partition coefficient (Wildman–Crippen LogP) is 2.07. The van der Waals surface area contributed by atoms with Crippen molar-refractivity contribution in [3.05, 3.63) is 59.7 Å². The summed E-state index contributed by atoms with van der Waals surface area (Å²) in [6, 6.07) is 15.4. The zero-order valence-electron chi connectivity index (χ0n) is 17.5. The molecule has 1 aliphatic heterocycles. The van der Waals surface area contributed by atoms with E-state index in [1.807, 2.05) is 55.5 Å². The van der Waals surface area contributed by atoms with E-state index in [0.717, 1.165) is 11.1 Å². The minimum Gasteiger partial charge on any atom is -0.493 e. The summed E-state index contributed by atoms with van der Waals surface area (Å²) in [5.74, 6) is -0.766. The van der Waals surface area contributed by atoms with Crippen LogP contribution in [0.5, 0.6) is 11.5 Å². The second kappa shape index (κ2) is 8.75. The first-order valence-corrected chi connectivity index (χ1v) is 9.87. The fraction of sp³-hybridized carbons (Fsp3) is 0.391. The number of rotatable bonds is 6. The number of methoxy groups -OCH3 is 1. The van der Waals surface area contributed by atoms with Crippen LogP contribution in [0.4, 0.5) is 0 Å². The summed E-state index contributed by atoms with van der Waals surface area (Å²) in [5.41, 5.74) is 6.47. The van der Waals surface area contributed by atoms with E-state index in [1.54, 1.807) is 14.0 Å². The summed E-state index contributed by atoms with van der Waals surface area (Å²) < 4.78 is 11.5. The smallest absolute Gasteiger partial charge is 0.311 e. The average Bonchev–Trinajstić information content (AvgIpc) is 3.11. The van der Waals surface area contributed by atoms with Gasteiger partial charge in [0.1, 0.15) is 6.61 Å². The summed E-state index contributed by atoms with van der Waals surface area (Å²) in [6.45, 7) is 4.51. The minimum absolute atomic E-state index is 0.203. The van der Waals surface area contributed by atoms with Crippen molar-refractivity contribution >= 4 is 11.8 Å². The molecule has 30 heavy (non-hydrogen) atoms. The van der Waals surface area contributed by atoms with Gasteiger partial charge in [-0.15, -0.1) is 0 Å². The Morgan fingerprint density at radius 3 is 2.53 bits per heavy atom. The third-order valence-electron chi connectivity index (χ3n) is 6.01. The second-order valence-electron chi connectivity index (χ2n) is 7.97. The lowest BCUT2D eigenvalue weighted by molar-refractivity contribution is -0.143. The van der Waals surface area contributed by atoms with Crippen LogP contribution < -0.4 is 15.2 Å². The first-order valence-electron chi connectivity index (χ1n) is 9.87. The van der Waals surface area contributed by atoms with Crippen LogP contribution in [-0.2, 0) is 16.2 Å². The zero-order valence-corrected chi connectivity index (χ0v) is 17.5. The molecular formula is C23H28N2O5. The maximum Gasteiger partial charge on any atom is 0.311 e. The number of hydrogen-bond acceptors (Lipinski definition) is 5. The van der Waals surface area contributed by atoms with Gasteiger partial charge in [-0.3, -0.25) is 9.59 Å². The number of ether oxygens (including phenoxy) is 2. The number of aliphatic hydroxyl groups excluding tert-OH is 1. The Morgan fingerprint density at radius 1 is 1.23 bits per heavy atom. The van der Waals surface area contributed by atoms with Gasteiger partial charge >= 0.3 is 11.8 Å². The van der Waals surface area contributed by atoms with E-state index in [0.29, 0.717) is 18.1 Å². The topological polar surface area (TPSA) is 102 Å². The fourth-order valence-corrected chi connectivity index (χ4v) is 3.99. The average molecular weight is 412 g/mol.